The third-order valence-corrected chi connectivity index (χ3v) is 7.29. The first-order chi connectivity index (χ1) is 22.7. The number of fused-ring (bicyclic) bond motifs is 5. The van der Waals surface area contributed by atoms with Gasteiger partial charge in [-0.2, -0.15) is 0 Å². The molecule has 0 fully saturated rings. The molecule has 0 saturated carbocycles. The Morgan fingerprint density at radius 1 is 0.878 bits per heavy atom. The van der Waals surface area contributed by atoms with Gasteiger partial charge in [-0.1, -0.05) is 12.1 Å². The zero-order valence-corrected chi connectivity index (χ0v) is 28.8. The molecule has 3 rings (SSSR count). The van der Waals surface area contributed by atoms with Gasteiger partial charge in [-0.05, 0) is 95.3 Å². The molecule has 2 aromatic rings. The first-order valence-corrected chi connectivity index (χ1v) is 15.8. The van der Waals surface area contributed by atoms with Gasteiger partial charge in [0.15, 0.2) is 6.23 Å². The number of hydrogen-bond acceptors (Lipinski definition) is 10. The number of amides is 4. The summed E-state index contributed by atoms with van der Waals surface area (Å²) in [6.45, 7) is 10.1. The highest BCUT2D eigenvalue weighted by Gasteiger charge is 2.34. The molecule has 6 N–H and O–H groups in total. The number of likely N-dealkylation sites (N-methyl/N-ethyl adjacent to an activating group) is 1. The van der Waals surface area contributed by atoms with Crippen molar-refractivity contribution in [2.24, 2.45) is 0 Å². The predicted octanol–water partition coefficient (Wildman–Crippen LogP) is 4.03. The van der Waals surface area contributed by atoms with E-state index in [9.17, 15) is 39.3 Å². The predicted molar refractivity (Wildman–Crippen MR) is 177 cm³/mol. The van der Waals surface area contributed by atoms with E-state index in [4.69, 9.17) is 14.2 Å². The Hall–Kier alpha value is -5.21. The Labute approximate surface area is 284 Å². The molecule has 4 bridgehead atoms. The second-order valence-electron chi connectivity index (χ2n) is 13.7. The van der Waals surface area contributed by atoms with E-state index in [-0.39, 0.29) is 54.9 Å². The number of carboxylic acid groups (broad SMARTS) is 1. The van der Waals surface area contributed by atoms with Crippen LogP contribution in [0.4, 0.5) is 14.4 Å². The molecule has 268 valence electrons. The summed E-state index contributed by atoms with van der Waals surface area (Å²) in [7, 11) is 1.30. The van der Waals surface area contributed by atoms with Gasteiger partial charge in [0.05, 0.1) is 0 Å². The van der Waals surface area contributed by atoms with Crippen LogP contribution in [0.2, 0.25) is 0 Å². The molecule has 49 heavy (non-hydrogen) atoms. The van der Waals surface area contributed by atoms with E-state index in [2.05, 4.69) is 16.0 Å². The Kier molecular flexibility index (Phi) is 12.3. The van der Waals surface area contributed by atoms with Crippen LogP contribution in [0.5, 0.6) is 11.5 Å². The highest BCUT2D eigenvalue weighted by molar-refractivity contribution is 5.91. The number of carbonyl (C=O) groups is 5. The molecule has 0 aromatic heterocycles. The van der Waals surface area contributed by atoms with Gasteiger partial charge in [0.1, 0.15) is 34.8 Å². The van der Waals surface area contributed by atoms with E-state index in [0.29, 0.717) is 11.1 Å². The maximum absolute atomic E-state index is 14.0. The Morgan fingerprint density at radius 3 is 1.94 bits per heavy atom. The smallest absolute Gasteiger partial charge is 0.507 e. The van der Waals surface area contributed by atoms with Gasteiger partial charge in [0.25, 0.3) is 0 Å². The number of carbonyl (C=O) groups excluding carboxylic acids is 4. The van der Waals surface area contributed by atoms with Crippen LogP contribution in [0.15, 0.2) is 36.4 Å². The average molecular weight is 687 g/mol. The maximum atomic E-state index is 14.0. The van der Waals surface area contributed by atoms with E-state index in [0.717, 1.165) is 4.90 Å². The number of phenols is 2. The molecule has 0 spiro atoms. The number of nitrogens with one attached hydrogen (secondary N) is 3. The maximum Gasteiger partial charge on any atom is 0.507 e. The fourth-order valence-electron chi connectivity index (χ4n) is 5.03. The lowest BCUT2D eigenvalue weighted by Gasteiger charge is -2.31. The Bertz CT molecular complexity index is 1550. The number of aromatic hydroxyl groups is 2. The summed E-state index contributed by atoms with van der Waals surface area (Å²) in [6.07, 6.45) is -5.02. The lowest BCUT2D eigenvalue weighted by molar-refractivity contribution is -0.144. The number of hydrogen-bond donors (Lipinski definition) is 6. The number of ether oxygens (including phenoxy) is 3. The number of rotatable bonds is 6. The van der Waals surface area contributed by atoms with Crippen LogP contribution < -0.4 is 16.0 Å². The topological polar surface area (TPSA) is 213 Å². The van der Waals surface area contributed by atoms with Crippen LogP contribution in [0.25, 0.3) is 11.1 Å². The van der Waals surface area contributed by atoms with Crippen LogP contribution >= 0.6 is 0 Å². The lowest BCUT2D eigenvalue weighted by Crippen LogP contribution is -2.56. The molecule has 0 radical (unpaired) electrons. The van der Waals surface area contributed by atoms with Crippen LogP contribution in [-0.4, -0.2) is 93.5 Å². The van der Waals surface area contributed by atoms with Crippen molar-refractivity contribution in [2.45, 2.75) is 96.7 Å². The minimum Gasteiger partial charge on any atom is -0.508 e. The van der Waals surface area contributed by atoms with Gasteiger partial charge in [-0.3, -0.25) is 9.59 Å². The molecule has 4 amide bonds. The normalized spacial score (nSPS) is 18.7. The van der Waals surface area contributed by atoms with Crippen LogP contribution in [-0.2, 0) is 36.6 Å². The number of benzene rings is 2. The van der Waals surface area contributed by atoms with Crippen molar-refractivity contribution in [3.63, 3.8) is 0 Å². The molecule has 0 aliphatic carbocycles. The molecule has 1 heterocycles. The van der Waals surface area contributed by atoms with Gasteiger partial charge < -0.3 is 50.4 Å². The van der Waals surface area contributed by atoms with E-state index in [1.165, 1.54) is 19.2 Å². The summed E-state index contributed by atoms with van der Waals surface area (Å²) in [5, 5.41) is 38.8. The highest BCUT2D eigenvalue weighted by Crippen LogP contribution is 2.31. The molecule has 1 aliphatic rings. The highest BCUT2D eigenvalue weighted by atomic mass is 16.7. The fourth-order valence-corrected chi connectivity index (χ4v) is 5.03. The SMILES string of the molecule is CN1C(=O)[C@H](CCCNC(=O)OC(C)(C)C)NC(=O)[C@@H](NC(=O)OC(C)(C)C)Cc2cc(ccc2O)-c2ccc(O)c(c2)C[C@@H]1OC(=O)O. The molecule has 15 heteroatoms. The molecule has 1 aliphatic heterocycles. The molecule has 2 aromatic carbocycles. The van der Waals surface area contributed by atoms with Gasteiger partial charge in [-0.15, -0.1) is 0 Å². The van der Waals surface area contributed by atoms with E-state index < -0.39 is 59.7 Å². The summed E-state index contributed by atoms with van der Waals surface area (Å²) >= 11 is 0. The average Bonchev–Trinajstić information content (AvgIpc) is 2.96. The standard InChI is InChI=1S/C34H46N4O11/c1-33(2,3)48-30(43)35-14-8-9-23-29(42)38(7)27(47-32(45)46)18-22-16-20(11-13-26(22)40)19-10-12-25(39)21(15-19)17-24(28(41)36-23)37-31(44)49-34(4,5)6/h10-13,15-16,23-24,27,39-40H,8-9,14,17-18H2,1-7H3,(H,35,43)(H,36,41)(H,37,44)(H,45,46)/t23-,24-,27-/m0/s1. The fraction of sp³-hybridized carbons (Fsp3) is 0.500. The summed E-state index contributed by atoms with van der Waals surface area (Å²) in [5.74, 6) is -1.88. The van der Waals surface area contributed by atoms with Crippen LogP contribution in [0.3, 0.4) is 0 Å². The quantitative estimate of drug-likeness (QED) is 0.145. The third-order valence-electron chi connectivity index (χ3n) is 7.29. The van der Waals surface area contributed by atoms with Crippen molar-refractivity contribution in [1.82, 2.24) is 20.9 Å². The van der Waals surface area contributed by atoms with E-state index in [1.54, 1.807) is 65.8 Å². The van der Waals surface area contributed by atoms with Gasteiger partial charge in [0, 0.05) is 32.0 Å². The minimum absolute atomic E-state index is 0.0366. The number of alkyl carbamates (subject to hydrolysis) is 2. The molecular weight excluding hydrogens is 640 g/mol. The van der Waals surface area contributed by atoms with Crippen molar-refractivity contribution in [3.8, 4) is 22.6 Å². The molecule has 0 saturated heterocycles. The van der Waals surface area contributed by atoms with Gasteiger partial charge in [0.2, 0.25) is 11.8 Å². The molecular formula is C34H46N4O11. The van der Waals surface area contributed by atoms with Crippen molar-refractivity contribution in [3.05, 3.63) is 47.5 Å². The van der Waals surface area contributed by atoms with E-state index >= 15 is 0 Å². The summed E-state index contributed by atoms with van der Waals surface area (Å²) < 4.78 is 15.7. The Balaban J connectivity index is 2.07. The second kappa shape index (κ2) is 15.8. The molecule has 3 atom stereocenters. The molecule has 15 nitrogen and oxygen atoms in total. The van der Waals surface area contributed by atoms with Crippen molar-refractivity contribution < 1.29 is 53.5 Å². The second-order valence-corrected chi connectivity index (χ2v) is 13.7. The molecule has 0 unspecified atom stereocenters. The Morgan fingerprint density at radius 2 is 1.41 bits per heavy atom. The summed E-state index contributed by atoms with van der Waals surface area (Å²) in [4.78, 5) is 65.7. The third kappa shape index (κ3) is 11.8. The van der Waals surface area contributed by atoms with Gasteiger partial charge >= 0.3 is 18.3 Å². The van der Waals surface area contributed by atoms with Crippen molar-refractivity contribution >= 4 is 30.2 Å². The monoisotopic (exact) mass is 686 g/mol. The van der Waals surface area contributed by atoms with Gasteiger partial charge in [-0.25, -0.2) is 14.4 Å². The summed E-state index contributed by atoms with van der Waals surface area (Å²) in [5.41, 5.74) is 0.0592. The van der Waals surface area contributed by atoms with Crippen LogP contribution in [0, 0.1) is 0 Å². The first kappa shape index (κ1) is 38.2. The summed E-state index contributed by atoms with van der Waals surface area (Å²) in [6, 6.07) is 6.63. The number of phenolic OH excluding ortho intramolecular Hbond substituents is 2. The van der Waals surface area contributed by atoms with E-state index in [1.807, 2.05) is 0 Å². The van der Waals surface area contributed by atoms with Crippen molar-refractivity contribution in [1.29, 1.82) is 0 Å². The number of nitrogens with zero attached hydrogens (tertiary/aromatic N) is 1. The van der Waals surface area contributed by atoms with Crippen molar-refractivity contribution in [2.75, 3.05) is 13.6 Å². The first-order valence-electron chi connectivity index (χ1n) is 15.8. The minimum atomic E-state index is -1.68. The zero-order valence-electron chi connectivity index (χ0n) is 28.8. The largest absolute Gasteiger partial charge is 0.508 e. The van der Waals surface area contributed by atoms with Crippen LogP contribution in [0.1, 0.15) is 65.5 Å². The zero-order chi connectivity index (χ0) is 36.7. The lowest BCUT2D eigenvalue weighted by atomic mass is 9.96.